The van der Waals surface area contributed by atoms with Crippen LogP contribution >= 0.6 is 0 Å². The number of hydrogen-bond acceptors (Lipinski definition) is 6. The number of fused-ring (bicyclic) bond motifs is 1. The summed E-state index contributed by atoms with van der Waals surface area (Å²) in [5.74, 6) is -1.66. The number of rotatable bonds is 0. The molecule has 100 valence electrons. The Hall–Kier alpha value is -0.310. The highest BCUT2D eigenvalue weighted by Crippen LogP contribution is 2.60. The fourth-order valence-corrected chi connectivity index (χ4v) is 2.97. The van der Waals surface area contributed by atoms with Gasteiger partial charge >= 0.3 is 0 Å². The van der Waals surface area contributed by atoms with Crippen LogP contribution in [-0.2, 0) is 0 Å². The maximum Gasteiger partial charge on any atom is 0.263 e. The third-order valence-electron chi connectivity index (χ3n) is 3.93. The van der Waals surface area contributed by atoms with E-state index in [9.17, 15) is 14.6 Å². The molecule has 1 aliphatic carbocycles. The SMILES string of the molecule is OC(O)O.OC1(O)CCC2C[C@@]3(CC3F)CN21. The van der Waals surface area contributed by atoms with E-state index in [1.807, 2.05) is 0 Å². The predicted molar refractivity (Wildman–Crippen MR) is 53.9 cm³/mol. The average molecular weight is 251 g/mol. The lowest BCUT2D eigenvalue weighted by Crippen LogP contribution is -2.45. The Bertz CT molecular complexity index is 298. The Morgan fingerprint density at radius 1 is 1.18 bits per heavy atom. The lowest BCUT2D eigenvalue weighted by atomic mass is 10.0. The Kier molecular flexibility index (Phi) is 3.18. The van der Waals surface area contributed by atoms with Gasteiger partial charge in [-0.05, 0) is 19.3 Å². The smallest absolute Gasteiger partial charge is 0.263 e. The minimum Gasteiger partial charge on any atom is -0.353 e. The van der Waals surface area contributed by atoms with Crippen molar-refractivity contribution in [2.45, 2.75) is 50.3 Å². The maximum atomic E-state index is 13.0. The molecule has 3 aliphatic rings. The molecule has 7 heteroatoms. The summed E-state index contributed by atoms with van der Waals surface area (Å²) in [6, 6.07) is 0.204. The van der Waals surface area contributed by atoms with Crippen molar-refractivity contribution < 1.29 is 29.9 Å². The van der Waals surface area contributed by atoms with Crippen LogP contribution in [0.4, 0.5) is 4.39 Å². The monoisotopic (exact) mass is 251 g/mol. The summed E-state index contributed by atoms with van der Waals surface area (Å²) in [5, 5.41) is 40.6. The van der Waals surface area contributed by atoms with Gasteiger partial charge in [-0.3, -0.25) is 0 Å². The molecule has 0 aromatic heterocycles. The molecule has 17 heavy (non-hydrogen) atoms. The topological polar surface area (TPSA) is 104 Å². The van der Waals surface area contributed by atoms with Crippen molar-refractivity contribution in [1.82, 2.24) is 4.90 Å². The molecule has 6 nitrogen and oxygen atoms in total. The van der Waals surface area contributed by atoms with Crippen molar-refractivity contribution in [3.8, 4) is 0 Å². The average Bonchev–Trinajstić information content (AvgIpc) is 2.53. The van der Waals surface area contributed by atoms with Crippen LogP contribution in [0, 0.1) is 5.41 Å². The van der Waals surface area contributed by atoms with Crippen LogP contribution in [0.1, 0.15) is 25.7 Å². The summed E-state index contributed by atoms with van der Waals surface area (Å²) in [4.78, 5) is 1.67. The van der Waals surface area contributed by atoms with E-state index in [2.05, 4.69) is 0 Å². The molecule has 0 bridgehead atoms. The van der Waals surface area contributed by atoms with Crippen LogP contribution in [0.2, 0.25) is 0 Å². The first-order valence-electron chi connectivity index (χ1n) is 5.67. The quantitative estimate of drug-likeness (QED) is 0.335. The van der Waals surface area contributed by atoms with Gasteiger partial charge in [-0.15, -0.1) is 0 Å². The molecule has 3 atom stereocenters. The molecule has 3 rings (SSSR count). The Morgan fingerprint density at radius 2 is 1.71 bits per heavy atom. The Balaban J connectivity index is 0.000000239. The van der Waals surface area contributed by atoms with Crippen LogP contribution in [0.15, 0.2) is 0 Å². The van der Waals surface area contributed by atoms with Gasteiger partial charge in [0.15, 0.2) is 0 Å². The minimum absolute atomic E-state index is 0.204. The highest BCUT2D eigenvalue weighted by Gasteiger charge is 2.65. The van der Waals surface area contributed by atoms with E-state index >= 15 is 0 Å². The van der Waals surface area contributed by atoms with Crippen molar-refractivity contribution in [2.75, 3.05) is 6.54 Å². The molecule has 0 aromatic carbocycles. The van der Waals surface area contributed by atoms with Gasteiger partial charge < -0.3 is 25.5 Å². The van der Waals surface area contributed by atoms with Gasteiger partial charge in [-0.25, -0.2) is 9.29 Å². The zero-order valence-corrected chi connectivity index (χ0v) is 9.33. The highest BCUT2D eigenvalue weighted by molar-refractivity contribution is 5.14. The van der Waals surface area contributed by atoms with Crippen LogP contribution in [-0.4, -0.2) is 61.6 Å². The van der Waals surface area contributed by atoms with E-state index in [0.717, 1.165) is 12.8 Å². The third-order valence-corrected chi connectivity index (χ3v) is 3.93. The summed E-state index contributed by atoms with van der Waals surface area (Å²) in [6.45, 7) is -1.63. The molecule has 2 unspecified atom stereocenters. The fraction of sp³-hybridized carbons (Fsp3) is 1.00. The normalized spacial score (nSPS) is 42.5. The second-order valence-electron chi connectivity index (χ2n) is 5.18. The zero-order valence-electron chi connectivity index (χ0n) is 9.33. The van der Waals surface area contributed by atoms with E-state index in [1.165, 1.54) is 0 Å². The largest absolute Gasteiger partial charge is 0.353 e. The van der Waals surface area contributed by atoms with Gasteiger partial charge in [-0.2, -0.15) is 0 Å². The maximum absolute atomic E-state index is 13.0. The van der Waals surface area contributed by atoms with Gasteiger partial charge in [0.25, 0.3) is 6.48 Å². The van der Waals surface area contributed by atoms with E-state index < -0.39 is 18.6 Å². The first-order valence-corrected chi connectivity index (χ1v) is 5.67. The van der Waals surface area contributed by atoms with E-state index in [0.29, 0.717) is 19.4 Å². The molecule has 3 fully saturated rings. The van der Waals surface area contributed by atoms with Crippen LogP contribution in [0.5, 0.6) is 0 Å². The highest BCUT2D eigenvalue weighted by atomic mass is 19.1. The predicted octanol–water partition coefficient (Wildman–Crippen LogP) is -1.53. The fourth-order valence-electron chi connectivity index (χ4n) is 2.97. The number of alkyl halides is 1. The van der Waals surface area contributed by atoms with Gasteiger partial charge in [0.05, 0.1) is 0 Å². The molecule has 0 amide bonds. The van der Waals surface area contributed by atoms with Crippen LogP contribution in [0.3, 0.4) is 0 Å². The lowest BCUT2D eigenvalue weighted by Gasteiger charge is -2.27. The Labute approximate surface area is 97.9 Å². The summed E-state index contributed by atoms with van der Waals surface area (Å²) in [5.41, 5.74) is -0.207. The second-order valence-corrected chi connectivity index (χ2v) is 5.18. The van der Waals surface area contributed by atoms with Gasteiger partial charge in [0.2, 0.25) is 5.91 Å². The molecule has 2 saturated heterocycles. The molecule has 1 saturated carbocycles. The van der Waals surface area contributed by atoms with E-state index in [1.54, 1.807) is 4.90 Å². The Morgan fingerprint density at radius 3 is 2.12 bits per heavy atom. The van der Waals surface area contributed by atoms with Crippen molar-refractivity contribution in [2.24, 2.45) is 5.41 Å². The molecule has 2 heterocycles. The van der Waals surface area contributed by atoms with Crippen molar-refractivity contribution in [3.05, 3.63) is 0 Å². The van der Waals surface area contributed by atoms with Gasteiger partial charge in [-0.1, -0.05) is 0 Å². The number of halogens is 1. The molecule has 5 N–H and O–H groups in total. The van der Waals surface area contributed by atoms with Crippen molar-refractivity contribution in [1.29, 1.82) is 0 Å². The second kappa shape index (κ2) is 4.11. The van der Waals surface area contributed by atoms with E-state index in [-0.39, 0.29) is 11.5 Å². The van der Waals surface area contributed by atoms with Crippen molar-refractivity contribution >= 4 is 0 Å². The van der Waals surface area contributed by atoms with Gasteiger partial charge in [0.1, 0.15) is 6.17 Å². The van der Waals surface area contributed by atoms with E-state index in [4.69, 9.17) is 15.3 Å². The van der Waals surface area contributed by atoms with Crippen LogP contribution in [0.25, 0.3) is 0 Å². The molecule has 0 radical (unpaired) electrons. The minimum atomic E-state index is -2.17. The number of nitrogens with zero attached hydrogens (tertiary/aromatic N) is 1. The van der Waals surface area contributed by atoms with Gasteiger partial charge in [0, 0.05) is 24.4 Å². The number of aliphatic hydroxyl groups is 5. The molecular weight excluding hydrogens is 233 g/mol. The summed E-state index contributed by atoms with van der Waals surface area (Å²) in [7, 11) is 0. The third kappa shape index (κ3) is 2.44. The first kappa shape index (κ1) is 13.1. The number of hydrogen-bond donors (Lipinski definition) is 5. The standard InChI is InChI=1S/C9H14FNO2.CH4O3/c10-7-4-8(7)3-6-1-2-9(12,13)11(6)5-8;2-1(3)4/h6-7,12-13H,1-5H2;1-4H/t6?,7?,8-;/m1./s1. The zero-order chi connectivity index (χ0) is 12.8. The molecule has 0 aromatic rings. The summed E-state index contributed by atoms with van der Waals surface area (Å²) in [6.07, 6.45) is 1.94. The summed E-state index contributed by atoms with van der Waals surface area (Å²) >= 11 is 0. The lowest BCUT2D eigenvalue weighted by molar-refractivity contribution is -0.246. The van der Waals surface area contributed by atoms with Crippen molar-refractivity contribution in [3.63, 3.8) is 0 Å². The first-order chi connectivity index (χ1) is 7.77. The molecule has 2 aliphatic heterocycles. The molecular formula is C10H18FNO5. The summed E-state index contributed by atoms with van der Waals surface area (Å²) < 4.78 is 13.0. The number of aliphatic hydroxyl groups excluding tert-OH is 1. The molecule has 1 spiro atoms. The van der Waals surface area contributed by atoms with Crippen LogP contribution < -0.4 is 0 Å².